The summed E-state index contributed by atoms with van der Waals surface area (Å²) >= 11 is 0. The monoisotopic (exact) mass is 212 g/mol. The minimum absolute atomic E-state index is 0.573. The summed E-state index contributed by atoms with van der Waals surface area (Å²) in [4.78, 5) is 0. The summed E-state index contributed by atoms with van der Waals surface area (Å²) in [7, 11) is 0. The van der Waals surface area contributed by atoms with Crippen LogP contribution in [0.3, 0.4) is 0 Å². The first-order valence-electron chi connectivity index (χ1n) is 6.84. The lowest BCUT2D eigenvalue weighted by Crippen LogP contribution is -2.23. The van der Waals surface area contributed by atoms with Crippen LogP contribution in [-0.4, -0.2) is 0 Å². The van der Waals surface area contributed by atoms with E-state index in [0.717, 1.165) is 17.8 Å². The molecule has 0 saturated heterocycles. The summed E-state index contributed by atoms with van der Waals surface area (Å²) in [5, 5.41) is 0. The van der Waals surface area contributed by atoms with Gasteiger partial charge in [0.15, 0.2) is 0 Å². The zero-order chi connectivity index (χ0) is 12.1. The van der Waals surface area contributed by atoms with Crippen molar-refractivity contribution >= 4 is 0 Å². The lowest BCUT2D eigenvalue weighted by atomic mass is 9.71. The highest BCUT2D eigenvalue weighted by Gasteiger charge is 2.26. The van der Waals surface area contributed by atoms with Gasteiger partial charge in [-0.25, -0.2) is 0 Å². The van der Waals surface area contributed by atoms with E-state index in [-0.39, 0.29) is 0 Å². The van der Waals surface area contributed by atoms with Crippen LogP contribution in [0, 0.1) is 23.2 Å². The van der Waals surface area contributed by atoms with E-state index in [1.165, 1.54) is 25.7 Å². The molecule has 0 aromatic rings. The maximum atomic E-state index is 2.46. The van der Waals surface area contributed by atoms with Gasteiger partial charge in [0.25, 0.3) is 0 Å². The molecule has 0 aromatic carbocycles. The number of rotatable bonds is 7. The molecule has 0 aromatic heterocycles. The topological polar surface area (TPSA) is 0 Å². The molecule has 0 heterocycles. The van der Waals surface area contributed by atoms with Gasteiger partial charge in [0, 0.05) is 0 Å². The third-order valence-electron chi connectivity index (χ3n) is 4.18. The van der Waals surface area contributed by atoms with Crippen LogP contribution in [0.5, 0.6) is 0 Å². The van der Waals surface area contributed by atoms with Crippen molar-refractivity contribution < 1.29 is 0 Å². The number of hydrogen-bond acceptors (Lipinski definition) is 0. The van der Waals surface area contributed by atoms with Gasteiger partial charge in [0.1, 0.15) is 0 Å². The van der Waals surface area contributed by atoms with Crippen LogP contribution in [0.1, 0.15) is 74.1 Å². The Morgan fingerprint density at radius 1 is 0.933 bits per heavy atom. The predicted octanol–water partition coefficient (Wildman–Crippen LogP) is 5.52. The summed E-state index contributed by atoms with van der Waals surface area (Å²) in [6.07, 6.45) is 5.46. The molecule has 0 amide bonds. The Labute approximate surface area is 97.8 Å². The molecular weight excluding hydrogens is 180 g/mol. The van der Waals surface area contributed by atoms with E-state index in [1.54, 1.807) is 0 Å². The van der Waals surface area contributed by atoms with Crippen molar-refractivity contribution in [3.05, 3.63) is 0 Å². The fourth-order valence-corrected chi connectivity index (χ4v) is 2.37. The van der Waals surface area contributed by atoms with Crippen molar-refractivity contribution in [3.63, 3.8) is 0 Å². The maximum Gasteiger partial charge on any atom is -0.0328 e. The summed E-state index contributed by atoms with van der Waals surface area (Å²) < 4.78 is 0. The summed E-state index contributed by atoms with van der Waals surface area (Å²) in [6, 6.07) is 0. The highest BCUT2D eigenvalue weighted by molar-refractivity contribution is 4.77. The smallest absolute Gasteiger partial charge is 0.0328 e. The number of hydrogen-bond donors (Lipinski definition) is 0. The molecule has 0 heteroatoms. The highest BCUT2D eigenvalue weighted by Crippen LogP contribution is 2.38. The molecule has 0 aliphatic carbocycles. The van der Waals surface area contributed by atoms with E-state index in [1.807, 2.05) is 0 Å². The zero-order valence-corrected chi connectivity index (χ0v) is 12.1. The first-order chi connectivity index (χ1) is 6.84. The first-order valence-corrected chi connectivity index (χ1v) is 6.84. The molecule has 0 aliphatic heterocycles. The van der Waals surface area contributed by atoms with Crippen molar-refractivity contribution in [1.29, 1.82) is 0 Å². The van der Waals surface area contributed by atoms with E-state index in [9.17, 15) is 0 Å². The van der Waals surface area contributed by atoms with Crippen LogP contribution >= 0.6 is 0 Å². The minimum Gasteiger partial charge on any atom is -0.0649 e. The molecule has 0 saturated carbocycles. The van der Waals surface area contributed by atoms with Crippen molar-refractivity contribution in [2.75, 3.05) is 0 Å². The molecule has 1 unspecified atom stereocenters. The summed E-state index contributed by atoms with van der Waals surface area (Å²) in [5.41, 5.74) is 0.573. The van der Waals surface area contributed by atoms with Gasteiger partial charge in [-0.05, 0) is 36.0 Å². The van der Waals surface area contributed by atoms with Gasteiger partial charge >= 0.3 is 0 Å². The van der Waals surface area contributed by atoms with E-state index >= 15 is 0 Å². The molecular formula is C15H32. The Hall–Kier alpha value is 0. The lowest BCUT2D eigenvalue weighted by molar-refractivity contribution is 0.170. The van der Waals surface area contributed by atoms with Crippen LogP contribution < -0.4 is 0 Å². The van der Waals surface area contributed by atoms with E-state index in [0.29, 0.717) is 5.41 Å². The Bertz CT molecular complexity index is 151. The van der Waals surface area contributed by atoms with Crippen LogP contribution in [0.2, 0.25) is 0 Å². The third-order valence-corrected chi connectivity index (χ3v) is 4.18. The molecule has 15 heavy (non-hydrogen) atoms. The molecule has 0 aliphatic rings. The Kier molecular flexibility index (Phi) is 6.55. The van der Waals surface area contributed by atoms with Gasteiger partial charge in [-0.2, -0.15) is 0 Å². The van der Waals surface area contributed by atoms with Crippen molar-refractivity contribution in [3.8, 4) is 0 Å². The van der Waals surface area contributed by atoms with Gasteiger partial charge < -0.3 is 0 Å². The Morgan fingerprint density at radius 3 is 1.67 bits per heavy atom. The van der Waals surface area contributed by atoms with Gasteiger partial charge in [-0.3, -0.25) is 0 Å². The standard InChI is InChI=1S/C15H32/c1-8-15(7,9-2)11-14(13(5)6)10-12(3)4/h12-14H,8-11H2,1-7H3. The normalized spacial score (nSPS) is 15.0. The zero-order valence-electron chi connectivity index (χ0n) is 12.1. The molecule has 0 rings (SSSR count). The van der Waals surface area contributed by atoms with Crippen molar-refractivity contribution in [2.45, 2.75) is 74.1 Å². The molecule has 1 atom stereocenters. The van der Waals surface area contributed by atoms with Crippen LogP contribution in [-0.2, 0) is 0 Å². The summed E-state index contributed by atoms with van der Waals surface area (Å²) in [6.45, 7) is 16.6. The molecule has 0 N–H and O–H groups in total. The molecule has 0 nitrogen and oxygen atoms in total. The van der Waals surface area contributed by atoms with Crippen molar-refractivity contribution in [1.82, 2.24) is 0 Å². The van der Waals surface area contributed by atoms with Gasteiger partial charge in [0.2, 0.25) is 0 Å². The van der Waals surface area contributed by atoms with Gasteiger partial charge in [-0.15, -0.1) is 0 Å². The summed E-state index contributed by atoms with van der Waals surface area (Å²) in [5.74, 6) is 2.59. The predicted molar refractivity (Wildman–Crippen MR) is 71.1 cm³/mol. The second-order valence-corrected chi connectivity index (χ2v) is 6.36. The second-order valence-electron chi connectivity index (χ2n) is 6.36. The van der Waals surface area contributed by atoms with Crippen LogP contribution in [0.15, 0.2) is 0 Å². The average molecular weight is 212 g/mol. The molecule has 0 spiro atoms. The highest BCUT2D eigenvalue weighted by atomic mass is 14.3. The average Bonchev–Trinajstić information content (AvgIpc) is 2.16. The molecule has 0 radical (unpaired) electrons. The Morgan fingerprint density at radius 2 is 1.40 bits per heavy atom. The second kappa shape index (κ2) is 6.55. The van der Waals surface area contributed by atoms with E-state index in [4.69, 9.17) is 0 Å². The van der Waals surface area contributed by atoms with Gasteiger partial charge in [0.05, 0.1) is 0 Å². The van der Waals surface area contributed by atoms with Gasteiger partial charge in [-0.1, -0.05) is 61.3 Å². The van der Waals surface area contributed by atoms with Crippen LogP contribution in [0.4, 0.5) is 0 Å². The SMILES string of the molecule is CCC(C)(CC)CC(CC(C)C)C(C)C. The fraction of sp³-hybridized carbons (Fsp3) is 1.00. The maximum absolute atomic E-state index is 2.46. The van der Waals surface area contributed by atoms with Crippen LogP contribution in [0.25, 0.3) is 0 Å². The largest absolute Gasteiger partial charge is 0.0649 e. The molecule has 92 valence electrons. The quantitative estimate of drug-likeness (QED) is 0.521. The van der Waals surface area contributed by atoms with E-state index in [2.05, 4.69) is 48.5 Å². The first kappa shape index (κ1) is 15.0. The lowest BCUT2D eigenvalue weighted by Gasteiger charge is -2.34. The molecule has 0 bridgehead atoms. The third kappa shape index (κ3) is 5.58. The minimum atomic E-state index is 0.573. The Balaban J connectivity index is 4.38. The molecule has 0 fully saturated rings. The fourth-order valence-electron chi connectivity index (χ4n) is 2.37. The van der Waals surface area contributed by atoms with Crippen molar-refractivity contribution in [2.24, 2.45) is 23.2 Å². The van der Waals surface area contributed by atoms with E-state index < -0.39 is 0 Å².